The Labute approximate surface area is 143 Å². The van der Waals surface area contributed by atoms with Crippen LogP contribution in [0.3, 0.4) is 0 Å². The van der Waals surface area contributed by atoms with Crippen molar-refractivity contribution >= 4 is 11.6 Å². The molecule has 5 nitrogen and oxygen atoms in total. The average Bonchev–Trinajstić information content (AvgIpc) is 3.33. The molecule has 2 aromatic heterocycles. The number of benzene rings is 1. The third-order valence-electron chi connectivity index (χ3n) is 4.28. The Bertz CT molecular complexity index is 947. The van der Waals surface area contributed by atoms with Gasteiger partial charge in [0.2, 0.25) is 0 Å². The number of anilines is 1. The summed E-state index contributed by atoms with van der Waals surface area (Å²) in [6.07, 6.45) is 6.10. The van der Waals surface area contributed by atoms with Gasteiger partial charge in [0, 0.05) is 23.4 Å². The first-order valence-corrected chi connectivity index (χ1v) is 8.08. The van der Waals surface area contributed by atoms with Gasteiger partial charge in [-0.15, -0.1) is 0 Å². The number of hydrogen-bond donors (Lipinski definition) is 1. The Morgan fingerprint density at radius 2 is 2.08 bits per heavy atom. The molecule has 1 aromatic carbocycles. The quantitative estimate of drug-likeness (QED) is 0.770. The largest absolute Gasteiger partial charge is 0.447 e. The summed E-state index contributed by atoms with van der Waals surface area (Å²) in [4.78, 5) is 20.5. The molecular weight excluding hydrogens is 321 g/mol. The van der Waals surface area contributed by atoms with Crippen LogP contribution < -0.4 is 5.32 Å². The lowest BCUT2D eigenvalue weighted by Gasteiger charge is -2.10. The standard InChI is InChI=1S/C19H16FN3O2/c1-11-2-3-13(14-6-15(20)9-21-8-14)7-16(11)23-19(24)17-18(12-4-5-12)25-10-22-17/h2-3,6-10,12H,4-5H2,1H3,(H,23,24). The molecule has 0 unspecified atom stereocenters. The van der Waals surface area contributed by atoms with Crippen LogP contribution in [-0.2, 0) is 0 Å². The number of pyridine rings is 1. The summed E-state index contributed by atoms with van der Waals surface area (Å²) >= 11 is 0. The number of carbonyl (C=O) groups is 1. The molecule has 0 bridgehead atoms. The lowest BCUT2D eigenvalue weighted by atomic mass is 10.0. The average molecular weight is 337 g/mol. The lowest BCUT2D eigenvalue weighted by Crippen LogP contribution is -2.15. The van der Waals surface area contributed by atoms with Crippen LogP contribution in [0, 0.1) is 12.7 Å². The molecule has 0 spiro atoms. The third kappa shape index (κ3) is 3.15. The number of hydrogen-bond acceptors (Lipinski definition) is 4. The summed E-state index contributed by atoms with van der Waals surface area (Å²) in [5.41, 5.74) is 3.31. The zero-order valence-corrected chi connectivity index (χ0v) is 13.6. The fraction of sp³-hybridized carbons (Fsp3) is 0.211. The molecule has 1 saturated carbocycles. The molecule has 1 N–H and O–H groups in total. The highest BCUT2D eigenvalue weighted by molar-refractivity contribution is 6.04. The molecular formula is C19H16FN3O2. The fourth-order valence-corrected chi connectivity index (χ4v) is 2.75. The molecule has 25 heavy (non-hydrogen) atoms. The van der Waals surface area contributed by atoms with E-state index in [1.54, 1.807) is 12.3 Å². The van der Waals surface area contributed by atoms with Crippen LogP contribution in [0.15, 0.2) is 47.5 Å². The van der Waals surface area contributed by atoms with E-state index in [0.29, 0.717) is 28.6 Å². The van der Waals surface area contributed by atoms with Crippen molar-refractivity contribution in [3.8, 4) is 11.1 Å². The van der Waals surface area contributed by atoms with Gasteiger partial charge in [-0.1, -0.05) is 12.1 Å². The second kappa shape index (κ2) is 6.12. The molecule has 3 aromatic rings. The van der Waals surface area contributed by atoms with E-state index in [-0.39, 0.29) is 5.91 Å². The number of nitrogens with one attached hydrogen (secondary N) is 1. The van der Waals surface area contributed by atoms with Gasteiger partial charge in [-0.2, -0.15) is 0 Å². The molecule has 0 atom stereocenters. The molecule has 4 rings (SSSR count). The van der Waals surface area contributed by atoms with Gasteiger partial charge in [0.1, 0.15) is 11.6 Å². The highest BCUT2D eigenvalue weighted by Gasteiger charge is 2.32. The van der Waals surface area contributed by atoms with E-state index in [1.807, 2.05) is 19.1 Å². The normalized spacial score (nSPS) is 13.7. The van der Waals surface area contributed by atoms with Crippen molar-refractivity contribution < 1.29 is 13.6 Å². The van der Waals surface area contributed by atoms with Crippen molar-refractivity contribution in [3.63, 3.8) is 0 Å². The number of nitrogens with zero attached hydrogens (tertiary/aromatic N) is 2. The number of aryl methyl sites for hydroxylation is 1. The Morgan fingerprint density at radius 3 is 2.84 bits per heavy atom. The Balaban J connectivity index is 1.62. The fourth-order valence-electron chi connectivity index (χ4n) is 2.75. The monoisotopic (exact) mass is 337 g/mol. The van der Waals surface area contributed by atoms with E-state index < -0.39 is 5.82 Å². The number of amides is 1. The Hall–Kier alpha value is -3.02. The first kappa shape index (κ1) is 15.5. The molecule has 1 aliphatic rings. The van der Waals surface area contributed by atoms with Gasteiger partial charge in [0.25, 0.3) is 5.91 Å². The van der Waals surface area contributed by atoms with Crippen LogP contribution in [-0.4, -0.2) is 15.9 Å². The maximum atomic E-state index is 13.4. The number of halogens is 1. The second-order valence-electron chi connectivity index (χ2n) is 6.22. The maximum absolute atomic E-state index is 13.4. The van der Waals surface area contributed by atoms with Gasteiger partial charge < -0.3 is 9.73 Å². The second-order valence-corrected chi connectivity index (χ2v) is 6.22. The van der Waals surface area contributed by atoms with Crippen LogP contribution in [0.2, 0.25) is 0 Å². The minimum absolute atomic E-state index is 0.298. The van der Waals surface area contributed by atoms with Crippen molar-refractivity contribution in [1.82, 2.24) is 9.97 Å². The molecule has 1 amide bonds. The molecule has 0 aliphatic heterocycles. The van der Waals surface area contributed by atoms with Crippen molar-refractivity contribution in [1.29, 1.82) is 0 Å². The molecule has 6 heteroatoms. The minimum atomic E-state index is -0.402. The number of rotatable bonds is 4. The number of oxazole rings is 1. The Morgan fingerprint density at radius 1 is 1.24 bits per heavy atom. The maximum Gasteiger partial charge on any atom is 0.277 e. The van der Waals surface area contributed by atoms with Crippen molar-refractivity contribution in [3.05, 3.63) is 65.9 Å². The SMILES string of the molecule is Cc1ccc(-c2cncc(F)c2)cc1NC(=O)c1ncoc1C1CC1. The molecule has 1 aliphatic carbocycles. The van der Waals surface area contributed by atoms with Gasteiger partial charge in [-0.3, -0.25) is 9.78 Å². The van der Waals surface area contributed by atoms with Gasteiger partial charge in [-0.05, 0) is 43.0 Å². The predicted octanol–water partition coefficient (Wildman–Crippen LogP) is 4.31. The van der Waals surface area contributed by atoms with Gasteiger partial charge in [0.15, 0.2) is 12.1 Å². The van der Waals surface area contributed by atoms with Gasteiger partial charge in [-0.25, -0.2) is 9.37 Å². The molecule has 126 valence electrons. The van der Waals surface area contributed by atoms with Gasteiger partial charge in [0.05, 0.1) is 6.20 Å². The highest BCUT2D eigenvalue weighted by atomic mass is 19.1. The van der Waals surface area contributed by atoms with E-state index in [1.165, 1.54) is 12.5 Å². The summed E-state index contributed by atoms with van der Waals surface area (Å²) in [7, 11) is 0. The zero-order chi connectivity index (χ0) is 17.4. The number of aromatic nitrogens is 2. The molecule has 0 saturated heterocycles. The highest BCUT2D eigenvalue weighted by Crippen LogP contribution is 2.41. The lowest BCUT2D eigenvalue weighted by molar-refractivity contribution is 0.102. The number of carbonyl (C=O) groups excluding carboxylic acids is 1. The molecule has 0 radical (unpaired) electrons. The summed E-state index contributed by atoms with van der Waals surface area (Å²) < 4.78 is 18.8. The van der Waals surface area contributed by atoms with Crippen LogP contribution in [0.5, 0.6) is 0 Å². The summed E-state index contributed by atoms with van der Waals surface area (Å²) in [5.74, 6) is 0.253. The topological polar surface area (TPSA) is 68.0 Å². The van der Waals surface area contributed by atoms with E-state index in [4.69, 9.17) is 4.42 Å². The molecule has 2 heterocycles. The van der Waals surface area contributed by atoms with E-state index in [9.17, 15) is 9.18 Å². The van der Waals surface area contributed by atoms with E-state index >= 15 is 0 Å². The minimum Gasteiger partial charge on any atom is -0.447 e. The van der Waals surface area contributed by atoms with Crippen LogP contribution >= 0.6 is 0 Å². The molecule has 1 fully saturated rings. The zero-order valence-electron chi connectivity index (χ0n) is 13.6. The first-order valence-electron chi connectivity index (χ1n) is 8.08. The van der Waals surface area contributed by atoms with Crippen molar-refractivity contribution in [2.45, 2.75) is 25.7 Å². The van der Waals surface area contributed by atoms with Crippen LogP contribution in [0.1, 0.15) is 40.6 Å². The Kier molecular flexibility index (Phi) is 3.80. The third-order valence-corrected chi connectivity index (χ3v) is 4.28. The van der Waals surface area contributed by atoms with Crippen LogP contribution in [0.25, 0.3) is 11.1 Å². The summed E-state index contributed by atoms with van der Waals surface area (Å²) in [5, 5.41) is 2.88. The van der Waals surface area contributed by atoms with Crippen molar-refractivity contribution in [2.75, 3.05) is 5.32 Å². The van der Waals surface area contributed by atoms with Crippen LogP contribution in [0.4, 0.5) is 10.1 Å². The predicted molar refractivity (Wildman–Crippen MR) is 90.8 cm³/mol. The van der Waals surface area contributed by atoms with Crippen molar-refractivity contribution in [2.24, 2.45) is 0 Å². The summed E-state index contributed by atoms with van der Waals surface area (Å²) in [6, 6.07) is 6.96. The summed E-state index contributed by atoms with van der Waals surface area (Å²) in [6.45, 7) is 1.90. The van der Waals surface area contributed by atoms with E-state index in [2.05, 4.69) is 15.3 Å². The van der Waals surface area contributed by atoms with E-state index in [0.717, 1.165) is 30.2 Å². The smallest absolute Gasteiger partial charge is 0.277 e. The van der Waals surface area contributed by atoms with Gasteiger partial charge >= 0.3 is 0 Å². The first-order chi connectivity index (χ1) is 12.1.